The van der Waals surface area contributed by atoms with Gasteiger partial charge in [0, 0.05) is 43.2 Å². The van der Waals surface area contributed by atoms with Crippen LogP contribution in [0, 0.1) is 5.82 Å². The molecule has 0 unspecified atom stereocenters. The number of carbonyl (C=O) groups is 4. The molecule has 0 aromatic heterocycles. The summed E-state index contributed by atoms with van der Waals surface area (Å²) in [6.45, 7) is 0.442. The largest absolute Gasteiger partial charge is 0.506 e. The minimum Gasteiger partial charge on any atom is -0.506 e. The number of nitrogens with zero attached hydrogens (tertiary/aromatic N) is 1. The van der Waals surface area contributed by atoms with Gasteiger partial charge in [-0.3, -0.25) is 14.4 Å². The molecule has 0 spiro atoms. The van der Waals surface area contributed by atoms with Gasteiger partial charge in [-0.15, -0.1) is 0 Å². The van der Waals surface area contributed by atoms with Gasteiger partial charge in [-0.2, -0.15) is 0 Å². The molecule has 1 aliphatic rings. The van der Waals surface area contributed by atoms with Crippen molar-refractivity contribution in [2.45, 2.75) is 19.4 Å². The lowest BCUT2D eigenvalue weighted by Crippen LogP contribution is -2.26. The van der Waals surface area contributed by atoms with E-state index in [4.69, 9.17) is 0 Å². The van der Waals surface area contributed by atoms with Crippen LogP contribution in [0.2, 0.25) is 0 Å². The highest BCUT2D eigenvalue weighted by Crippen LogP contribution is 2.36. The van der Waals surface area contributed by atoms with Gasteiger partial charge in [0.1, 0.15) is 23.4 Å². The van der Waals surface area contributed by atoms with Crippen LogP contribution in [0.25, 0.3) is 5.76 Å². The van der Waals surface area contributed by atoms with Crippen molar-refractivity contribution in [2.75, 3.05) is 19.1 Å². The van der Waals surface area contributed by atoms with E-state index in [1.54, 1.807) is 11.9 Å². The minimum absolute atomic E-state index is 0.0783. The number of aldehydes is 1. The van der Waals surface area contributed by atoms with Gasteiger partial charge in [0.2, 0.25) is 0 Å². The number of allylic oxidation sites excluding steroid dienone is 1. The molecule has 7 nitrogen and oxygen atoms in total. The number of hydrogen-bond acceptors (Lipinski definition) is 7. The molecule has 3 aromatic carbocycles. The fourth-order valence-electron chi connectivity index (χ4n) is 4.48. The van der Waals surface area contributed by atoms with Gasteiger partial charge >= 0.3 is 5.97 Å². The van der Waals surface area contributed by atoms with E-state index in [0.717, 1.165) is 11.6 Å². The zero-order valence-corrected chi connectivity index (χ0v) is 20.3. The number of hydrogen-bond donors (Lipinski definition) is 1. The Hall–Kier alpha value is -4.59. The zero-order chi connectivity index (χ0) is 26.7. The molecule has 0 saturated heterocycles. The fourth-order valence-corrected chi connectivity index (χ4v) is 4.48. The summed E-state index contributed by atoms with van der Waals surface area (Å²) in [5, 5.41) is 11.0. The van der Waals surface area contributed by atoms with Crippen molar-refractivity contribution in [3.63, 3.8) is 0 Å². The SMILES string of the molecule is COC(=O)c1ccc(CC(=O)C2=C(O)c3cc(F)cc(N(C)Cc4ccccc4)c3CC2=O)c(C=O)c1. The third-order valence-electron chi connectivity index (χ3n) is 6.30. The summed E-state index contributed by atoms with van der Waals surface area (Å²) in [5.74, 6) is -3.18. The molecule has 0 radical (unpaired) electrons. The summed E-state index contributed by atoms with van der Waals surface area (Å²) in [6.07, 6.45) is -0.0748. The van der Waals surface area contributed by atoms with Crippen LogP contribution in [-0.2, 0) is 33.7 Å². The number of Topliss-reactive ketones (excluding diaryl/α,β-unsaturated/α-hetero) is 2. The van der Waals surface area contributed by atoms with E-state index in [1.165, 1.54) is 31.4 Å². The van der Waals surface area contributed by atoms with Crippen molar-refractivity contribution in [3.05, 3.63) is 105 Å². The van der Waals surface area contributed by atoms with Gasteiger partial charge < -0.3 is 14.7 Å². The van der Waals surface area contributed by atoms with Gasteiger partial charge in [0.05, 0.1) is 12.7 Å². The Kier molecular flexibility index (Phi) is 7.29. The van der Waals surface area contributed by atoms with Gasteiger partial charge in [0.15, 0.2) is 11.6 Å². The molecule has 0 bridgehead atoms. The summed E-state index contributed by atoms with van der Waals surface area (Å²) in [5.41, 5.74) is 1.96. The van der Waals surface area contributed by atoms with Crippen molar-refractivity contribution in [1.82, 2.24) is 0 Å². The Morgan fingerprint density at radius 1 is 1.11 bits per heavy atom. The smallest absolute Gasteiger partial charge is 0.337 e. The van der Waals surface area contributed by atoms with Crippen molar-refractivity contribution in [2.24, 2.45) is 0 Å². The molecule has 0 saturated carbocycles. The quantitative estimate of drug-likeness (QED) is 0.280. The van der Waals surface area contributed by atoms with Crippen molar-refractivity contribution < 1.29 is 33.4 Å². The van der Waals surface area contributed by atoms with Crippen LogP contribution in [0.5, 0.6) is 0 Å². The number of aliphatic hydroxyl groups is 1. The van der Waals surface area contributed by atoms with Gasteiger partial charge in [-0.05, 0) is 41.0 Å². The average molecular weight is 502 g/mol. The number of ketones is 2. The first-order chi connectivity index (χ1) is 17.7. The lowest BCUT2D eigenvalue weighted by atomic mass is 9.84. The van der Waals surface area contributed by atoms with E-state index in [2.05, 4.69) is 4.74 Å². The number of rotatable bonds is 8. The highest BCUT2D eigenvalue weighted by atomic mass is 19.1. The summed E-state index contributed by atoms with van der Waals surface area (Å²) in [4.78, 5) is 51.3. The number of aliphatic hydroxyl groups excluding tert-OH is 1. The first-order valence-electron chi connectivity index (χ1n) is 11.5. The first kappa shape index (κ1) is 25.5. The van der Waals surface area contributed by atoms with Gasteiger partial charge in [-0.25, -0.2) is 9.18 Å². The standard InChI is InChI=1S/C29H24FNO6/c1-31(15-17-6-4-3-5-7-17)24-13-21(30)12-23-22(24)14-26(34)27(28(23)35)25(33)11-18-8-9-19(29(36)37-2)10-20(18)16-32/h3-10,12-13,16,35H,11,14-15H2,1-2H3. The van der Waals surface area contributed by atoms with Crippen LogP contribution < -0.4 is 4.90 Å². The molecule has 0 fully saturated rings. The summed E-state index contributed by atoms with van der Waals surface area (Å²) in [7, 11) is 2.96. The van der Waals surface area contributed by atoms with Gasteiger partial charge in [0.25, 0.3) is 0 Å². The third-order valence-corrected chi connectivity index (χ3v) is 6.30. The van der Waals surface area contributed by atoms with Crippen LogP contribution >= 0.6 is 0 Å². The number of halogens is 1. The molecule has 4 rings (SSSR count). The van der Waals surface area contributed by atoms with Crippen LogP contribution in [0.15, 0.2) is 66.2 Å². The number of benzene rings is 3. The average Bonchev–Trinajstić information content (AvgIpc) is 2.89. The molecule has 8 heteroatoms. The lowest BCUT2D eigenvalue weighted by Gasteiger charge is -2.27. The number of methoxy groups -OCH3 is 1. The predicted octanol–water partition coefficient (Wildman–Crippen LogP) is 4.27. The van der Waals surface area contributed by atoms with Crippen molar-refractivity contribution in [1.29, 1.82) is 0 Å². The van der Waals surface area contributed by atoms with E-state index in [0.29, 0.717) is 24.1 Å². The fraction of sp³-hybridized carbons (Fsp3) is 0.172. The van der Waals surface area contributed by atoms with Crippen LogP contribution in [0.1, 0.15) is 43.0 Å². The first-order valence-corrected chi connectivity index (χ1v) is 11.5. The maximum Gasteiger partial charge on any atom is 0.337 e. The Bertz CT molecular complexity index is 1440. The van der Waals surface area contributed by atoms with Crippen molar-refractivity contribution >= 4 is 35.3 Å². The molecule has 0 heterocycles. The second-order valence-corrected chi connectivity index (χ2v) is 8.74. The zero-order valence-electron chi connectivity index (χ0n) is 20.3. The Morgan fingerprint density at radius 3 is 2.51 bits per heavy atom. The van der Waals surface area contributed by atoms with Gasteiger partial charge in [-0.1, -0.05) is 36.4 Å². The summed E-state index contributed by atoms with van der Waals surface area (Å²) in [6, 6.07) is 16.0. The normalized spacial score (nSPS) is 12.7. The highest BCUT2D eigenvalue weighted by molar-refractivity contribution is 6.27. The molecule has 0 amide bonds. The predicted molar refractivity (Wildman–Crippen MR) is 135 cm³/mol. The lowest BCUT2D eigenvalue weighted by molar-refractivity contribution is -0.120. The van der Waals surface area contributed by atoms with Crippen LogP contribution in [-0.4, -0.2) is 43.1 Å². The van der Waals surface area contributed by atoms with E-state index in [-0.39, 0.29) is 35.1 Å². The number of fused-ring (bicyclic) bond motifs is 1. The molecule has 1 aliphatic carbocycles. The molecule has 0 atom stereocenters. The summed E-state index contributed by atoms with van der Waals surface area (Å²) >= 11 is 0. The topological polar surface area (TPSA) is 101 Å². The maximum atomic E-state index is 14.6. The second kappa shape index (κ2) is 10.6. The monoisotopic (exact) mass is 501 g/mol. The van der Waals surface area contributed by atoms with Crippen LogP contribution in [0.3, 0.4) is 0 Å². The molecule has 1 N–H and O–H groups in total. The van der Waals surface area contributed by atoms with E-state index in [9.17, 15) is 28.7 Å². The Labute approximate surface area is 212 Å². The molecule has 188 valence electrons. The minimum atomic E-state index is -0.717. The molecule has 37 heavy (non-hydrogen) atoms. The van der Waals surface area contributed by atoms with E-state index in [1.807, 2.05) is 30.3 Å². The van der Waals surface area contributed by atoms with Crippen molar-refractivity contribution in [3.8, 4) is 0 Å². The molecular weight excluding hydrogens is 477 g/mol. The Balaban J connectivity index is 1.68. The molecule has 3 aromatic rings. The summed E-state index contributed by atoms with van der Waals surface area (Å²) < 4.78 is 19.3. The second-order valence-electron chi connectivity index (χ2n) is 8.74. The molecule has 0 aliphatic heterocycles. The highest BCUT2D eigenvalue weighted by Gasteiger charge is 2.33. The molecular formula is C29H24FNO6. The maximum absolute atomic E-state index is 14.6. The van der Waals surface area contributed by atoms with Crippen LogP contribution in [0.4, 0.5) is 10.1 Å². The number of esters is 1. The van der Waals surface area contributed by atoms with E-state index < -0.39 is 34.7 Å². The number of anilines is 1. The Morgan fingerprint density at radius 2 is 1.84 bits per heavy atom. The van der Waals surface area contributed by atoms with E-state index >= 15 is 0 Å². The number of carbonyl (C=O) groups excluding carboxylic acids is 4. The number of ether oxygens (including phenoxy) is 1. The third kappa shape index (κ3) is 5.18.